The number of aryl methyl sites for hydroxylation is 1. The van der Waals surface area contributed by atoms with Crippen molar-refractivity contribution in [3.05, 3.63) is 53.5 Å². The minimum absolute atomic E-state index is 0.178. The Balaban J connectivity index is 1.40. The second-order valence-electron chi connectivity index (χ2n) is 8.64. The van der Waals surface area contributed by atoms with Crippen LogP contribution in [0.5, 0.6) is 5.75 Å². The van der Waals surface area contributed by atoms with E-state index in [1.54, 1.807) is 28.9 Å². The number of carbonyl (C=O) groups excluding carboxylic acids is 1. The van der Waals surface area contributed by atoms with Crippen molar-refractivity contribution in [2.75, 3.05) is 12.3 Å². The number of benzene rings is 1. The lowest BCUT2D eigenvalue weighted by Crippen LogP contribution is -2.46. The van der Waals surface area contributed by atoms with Crippen LogP contribution in [0.4, 0.5) is 19.0 Å². The van der Waals surface area contributed by atoms with Crippen LogP contribution in [-0.2, 0) is 13.2 Å². The minimum atomic E-state index is -4.47. The van der Waals surface area contributed by atoms with Gasteiger partial charge in [0.2, 0.25) is 0 Å². The molecule has 2 atom stereocenters. The average Bonchev–Trinajstić information content (AvgIpc) is 3.20. The lowest BCUT2D eigenvalue weighted by Gasteiger charge is -2.44. The molecule has 0 radical (unpaired) electrons. The van der Waals surface area contributed by atoms with Crippen LogP contribution in [0.15, 0.2) is 36.7 Å². The second kappa shape index (κ2) is 7.05. The van der Waals surface area contributed by atoms with E-state index < -0.39 is 17.8 Å². The van der Waals surface area contributed by atoms with E-state index in [4.69, 9.17) is 10.5 Å². The van der Waals surface area contributed by atoms with E-state index in [0.717, 1.165) is 17.5 Å². The average molecular weight is 468 g/mol. The molecule has 1 amide bonds. The van der Waals surface area contributed by atoms with Crippen molar-refractivity contribution in [3.8, 4) is 5.75 Å². The Morgan fingerprint density at radius 3 is 2.82 bits per heavy atom. The molecule has 1 saturated heterocycles. The number of nitrogen functional groups attached to an aromatic ring is 1. The Morgan fingerprint density at radius 2 is 2.03 bits per heavy atom. The first kappa shape index (κ1) is 20.7. The molecule has 8 nitrogen and oxygen atoms in total. The van der Waals surface area contributed by atoms with Crippen LogP contribution in [0.1, 0.15) is 40.5 Å². The molecule has 4 aromatic rings. The van der Waals surface area contributed by atoms with Crippen molar-refractivity contribution in [1.29, 1.82) is 0 Å². The number of likely N-dealkylation sites (tertiary alicyclic amines) is 1. The molecule has 2 aliphatic heterocycles. The number of fused-ring (bicyclic) bond motifs is 7. The van der Waals surface area contributed by atoms with Crippen molar-refractivity contribution < 1.29 is 22.7 Å². The molecule has 6 rings (SSSR count). The lowest BCUT2D eigenvalue weighted by molar-refractivity contribution is -0.137. The molecule has 5 heterocycles. The van der Waals surface area contributed by atoms with Crippen LogP contribution in [0, 0.1) is 0 Å². The number of alkyl halides is 3. The zero-order valence-electron chi connectivity index (χ0n) is 18.0. The fourth-order valence-corrected chi connectivity index (χ4v) is 4.98. The largest absolute Gasteiger partial charge is 0.490 e. The zero-order valence-corrected chi connectivity index (χ0v) is 18.0. The maximum absolute atomic E-state index is 13.6. The van der Waals surface area contributed by atoms with Gasteiger partial charge < -0.3 is 15.4 Å². The van der Waals surface area contributed by atoms with Gasteiger partial charge in [-0.2, -0.15) is 18.3 Å². The van der Waals surface area contributed by atoms with E-state index in [1.165, 1.54) is 12.3 Å². The molecule has 11 heteroatoms. The number of carbonyl (C=O) groups is 1. The number of anilines is 1. The van der Waals surface area contributed by atoms with E-state index in [2.05, 4.69) is 15.1 Å². The molecule has 1 aromatic carbocycles. The fourth-order valence-electron chi connectivity index (χ4n) is 4.98. The molecular weight excluding hydrogens is 449 g/mol. The number of pyridine rings is 2. The number of ether oxygens (including phenoxy) is 1. The Bertz CT molecular complexity index is 1480. The van der Waals surface area contributed by atoms with Gasteiger partial charge in [0.25, 0.3) is 5.91 Å². The molecule has 2 N–H and O–H groups in total. The van der Waals surface area contributed by atoms with Gasteiger partial charge in [-0.05, 0) is 18.2 Å². The van der Waals surface area contributed by atoms with Gasteiger partial charge >= 0.3 is 6.18 Å². The third-order valence-electron chi connectivity index (χ3n) is 6.62. The molecular formula is C23H19F3N6O2. The predicted octanol–water partition coefficient (Wildman–Crippen LogP) is 3.86. The molecule has 2 aliphatic rings. The SMILES string of the molecule is Cn1ncc2c3cc(C(=O)N4CC[C@H]5C[C@@H]4c4ccc(C(F)(F)F)cc4O5)ncc3nc(N)c21. The van der Waals surface area contributed by atoms with E-state index in [1.807, 2.05) is 0 Å². The molecule has 0 aliphatic carbocycles. The van der Waals surface area contributed by atoms with Crippen LogP contribution in [0.2, 0.25) is 0 Å². The standard InChI is InChI=1S/C23H19F3N6O2/c1-31-20-15(9-29-31)14-8-16(28-10-17(14)30-21(20)27)22(33)32-5-4-12-7-18(32)13-3-2-11(23(24,25)26)6-19(13)34-12/h2-3,6,8-10,12,18H,4-5,7H2,1H3,(H2,27,30)/t12-,18+/m0/s1. The van der Waals surface area contributed by atoms with Gasteiger partial charge in [0.15, 0.2) is 0 Å². The summed E-state index contributed by atoms with van der Waals surface area (Å²) in [7, 11) is 1.76. The minimum Gasteiger partial charge on any atom is -0.490 e. The Morgan fingerprint density at radius 1 is 1.21 bits per heavy atom. The second-order valence-corrected chi connectivity index (χ2v) is 8.64. The highest BCUT2D eigenvalue weighted by atomic mass is 19.4. The number of hydrogen-bond donors (Lipinski definition) is 1. The summed E-state index contributed by atoms with van der Waals surface area (Å²) in [6.07, 6.45) is -0.491. The first-order valence-electron chi connectivity index (χ1n) is 10.8. The van der Waals surface area contributed by atoms with Gasteiger partial charge in [-0.1, -0.05) is 6.07 Å². The summed E-state index contributed by atoms with van der Waals surface area (Å²) in [5.41, 5.74) is 7.30. The van der Waals surface area contributed by atoms with E-state index >= 15 is 0 Å². The molecule has 3 aromatic heterocycles. The number of hydrogen-bond acceptors (Lipinski definition) is 6. The summed E-state index contributed by atoms with van der Waals surface area (Å²) >= 11 is 0. The normalized spacial score (nSPS) is 19.8. The monoisotopic (exact) mass is 468 g/mol. The number of aromatic nitrogens is 4. The lowest BCUT2D eigenvalue weighted by atomic mass is 9.89. The van der Waals surface area contributed by atoms with Crippen molar-refractivity contribution in [2.24, 2.45) is 7.05 Å². The van der Waals surface area contributed by atoms with Crippen molar-refractivity contribution in [1.82, 2.24) is 24.6 Å². The predicted molar refractivity (Wildman–Crippen MR) is 117 cm³/mol. The smallest absolute Gasteiger partial charge is 0.416 e. The van der Waals surface area contributed by atoms with E-state index in [-0.39, 0.29) is 23.5 Å². The molecule has 0 saturated carbocycles. The summed E-state index contributed by atoms with van der Waals surface area (Å²) < 4.78 is 47.0. The van der Waals surface area contributed by atoms with Gasteiger partial charge in [-0.15, -0.1) is 0 Å². The van der Waals surface area contributed by atoms with Crippen LogP contribution in [-0.4, -0.2) is 43.2 Å². The topological polar surface area (TPSA) is 99.2 Å². The highest BCUT2D eigenvalue weighted by Crippen LogP contribution is 2.45. The summed E-state index contributed by atoms with van der Waals surface area (Å²) in [4.78, 5) is 23.9. The Hall–Kier alpha value is -3.89. The maximum atomic E-state index is 13.6. The fraction of sp³-hybridized carbons (Fsp3) is 0.304. The van der Waals surface area contributed by atoms with Crippen molar-refractivity contribution >= 4 is 33.5 Å². The van der Waals surface area contributed by atoms with E-state index in [0.29, 0.717) is 47.2 Å². The summed E-state index contributed by atoms with van der Waals surface area (Å²) in [6, 6.07) is 4.74. The van der Waals surface area contributed by atoms with Gasteiger partial charge in [0.1, 0.15) is 28.9 Å². The summed E-state index contributed by atoms with van der Waals surface area (Å²) in [5, 5.41) is 5.71. The number of rotatable bonds is 1. The number of nitrogens with zero attached hydrogens (tertiary/aromatic N) is 5. The first-order valence-corrected chi connectivity index (χ1v) is 10.8. The maximum Gasteiger partial charge on any atom is 0.416 e. The van der Waals surface area contributed by atoms with Crippen LogP contribution in [0.3, 0.4) is 0 Å². The van der Waals surface area contributed by atoms with Gasteiger partial charge in [-0.3, -0.25) is 9.48 Å². The van der Waals surface area contributed by atoms with Crippen molar-refractivity contribution in [2.45, 2.75) is 31.2 Å². The molecule has 34 heavy (non-hydrogen) atoms. The van der Waals surface area contributed by atoms with Crippen molar-refractivity contribution in [3.63, 3.8) is 0 Å². The highest BCUT2D eigenvalue weighted by molar-refractivity contribution is 6.09. The van der Waals surface area contributed by atoms with Crippen LogP contribution < -0.4 is 10.5 Å². The van der Waals surface area contributed by atoms with Crippen LogP contribution in [0.25, 0.3) is 21.8 Å². The van der Waals surface area contributed by atoms with Gasteiger partial charge in [0, 0.05) is 42.8 Å². The van der Waals surface area contributed by atoms with Gasteiger partial charge in [-0.25, -0.2) is 9.97 Å². The van der Waals surface area contributed by atoms with Crippen LogP contribution >= 0.6 is 0 Å². The van der Waals surface area contributed by atoms with Gasteiger partial charge in [0.05, 0.1) is 29.5 Å². The highest BCUT2D eigenvalue weighted by Gasteiger charge is 2.41. The number of nitrogens with two attached hydrogens (primary N) is 1. The quantitative estimate of drug-likeness (QED) is 0.456. The Labute approximate surface area is 191 Å². The third kappa shape index (κ3) is 3.06. The third-order valence-corrected chi connectivity index (χ3v) is 6.62. The molecule has 1 fully saturated rings. The molecule has 0 spiro atoms. The number of amides is 1. The zero-order chi connectivity index (χ0) is 23.8. The number of halogens is 3. The first-order chi connectivity index (χ1) is 16.2. The molecule has 174 valence electrons. The number of piperidine rings is 1. The summed E-state index contributed by atoms with van der Waals surface area (Å²) in [6.45, 7) is 0.413. The summed E-state index contributed by atoms with van der Waals surface area (Å²) in [5.74, 6) is 0.200. The molecule has 0 unspecified atom stereocenters. The Kier molecular flexibility index (Phi) is 4.29. The molecule has 2 bridgehead atoms. The van der Waals surface area contributed by atoms with E-state index in [9.17, 15) is 18.0 Å².